The number of carbonyl (C=O) groups excluding carboxylic acids is 3. The molecule has 1 fully saturated rings. The summed E-state index contributed by atoms with van der Waals surface area (Å²) in [5, 5.41) is 0.0624. The van der Waals surface area contributed by atoms with E-state index in [1.165, 1.54) is 23.4 Å². The summed E-state index contributed by atoms with van der Waals surface area (Å²) in [5.74, 6) is -0.902. The van der Waals surface area contributed by atoms with Crippen LogP contribution in [0.25, 0.3) is 39.1 Å². The third-order valence-corrected chi connectivity index (χ3v) is 12.2. The molecule has 0 saturated carbocycles. The van der Waals surface area contributed by atoms with Crippen LogP contribution in [-0.2, 0) is 18.9 Å². The summed E-state index contributed by atoms with van der Waals surface area (Å²) in [6.07, 6.45) is -5.82. The van der Waals surface area contributed by atoms with Gasteiger partial charge < -0.3 is 38.9 Å². The number of anilines is 1. The van der Waals surface area contributed by atoms with E-state index in [2.05, 4.69) is 0 Å². The topological polar surface area (TPSA) is 182 Å². The first kappa shape index (κ1) is 47.5. The van der Waals surface area contributed by atoms with Crippen LogP contribution in [-0.4, -0.2) is 77.8 Å². The van der Waals surface area contributed by atoms with E-state index in [9.17, 15) is 14.4 Å². The van der Waals surface area contributed by atoms with Gasteiger partial charge in [0.25, 0.3) is 5.56 Å². The molecule has 0 spiro atoms. The summed E-state index contributed by atoms with van der Waals surface area (Å²) in [6, 6.07) is 45.6. The van der Waals surface area contributed by atoms with E-state index in [1.807, 2.05) is 6.92 Å². The maximum Gasteiger partial charge on any atom is 0.338 e. The largest absolute Gasteiger partial charge is 0.494 e. The summed E-state index contributed by atoms with van der Waals surface area (Å²) in [5.41, 5.74) is 8.99. The van der Waals surface area contributed by atoms with Gasteiger partial charge in [-0.2, -0.15) is 0 Å². The Labute approximate surface area is 412 Å². The second-order valence-electron chi connectivity index (χ2n) is 16.2. The number of hydrogen-bond acceptors (Lipinski definition) is 14. The van der Waals surface area contributed by atoms with Crippen molar-refractivity contribution in [2.45, 2.75) is 31.5 Å². The maximum atomic E-state index is 15.6. The molecule has 1 aliphatic rings. The molecule has 2 N–H and O–H groups in total. The van der Waals surface area contributed by atoms with Crippen LogP contribution >= 0.6 is 12.2 Å². The summed E-state index contributed by atoms with van der Waals surface area (Å²) >= 11 is 6.38. The van der Waals surface area contributed by atoms with Gasteiger partial charge in [-0.15, -0.1) is 0 Å². The maximum absolute atomic E-state index is 15.6. The van der Waals surface area contributed by atoms with Crippen LogP contribution < -0.4 is 25.5 Å². The van der Waals surface area contributed by atoms with Crippen molar-refractivity contribution in [3.63, 3.8) is 0 Å². The molecule has 3 heterocycles. The van der Waals surface area contributed by atoms with Gasteiger partial charge in [-0.05, 0) is 116 Å². The van der Waals surface area contributed by atoms with Gasteiger partial charge in [0, 0.05) is 16.8 Å². The lowest BCUT2D eigenvalue weighted by Crippen LogP contribution is -2.42. The SMILES string of the molecule is CCOc1ccc(-n2c(=O)c3c(-c4ccc(OC)c(OC)c4)cc(-c4ccc(N)cc4)nc3n([C@@H]3O[C@H](COC(=O)c4ccccc4)[C@@H](OC(=O)c4ccccc4)[C@H]3OC(=O)c3ccccc3)c2=S)cc1. The Morgan fingerprint density at radius 3 is 1.82 bits per heavy atom. The smallest absolute Gasteiger partial charge is 0.338 e. The molecule has 15 nitrogen and oxygen atoms in total. The minimum atomic E-state index is -1.54. The summed E-state index contributed by atoms with van der Waals surface area (Å²) < 4.78 is 45.2. The van der Waals surface area contributed by atoms with Gasteiger partial charge in [0.05, 0.1) is 54.3 Å². The fraction of sp³-hybridized carbons (Fsp3) is 0.164. The Balaban J connectivity index is 1.33. The monoisotopic (exact) mass is 970 g/mol. The van der Waals surface area contributed by atoms with Crippen LogP contribution in [0.15, 0.2) is 169 Å². The van der Waals surface area contributed by atoms with Gasteiger partial charge in [0.15, 0.2) is 40.4 Å². The van der Waals surface area contributed by atoms with Gasteiger partial charge >= 0.3 is 17.9 Å². The van der Waals surface area contributed by atoms with Crippen LogP contribution in [0.4, 0.5) is 5.69 Å². The first-order valence-electron chi connectivity index (χ1n) is 22.5. The molecular weight excluding hydrogens is 925 g/mol. The number of nitrogens with zero attached hydrogens (tertiary/aromatic N) is 3. The molecule has 1 saturated heterocycles. The first-order chi connectivity index (χ1) is 34.6. The van der Waals surface area contributed by atoms with Crippen molar-refractivity contribution in [3.8, 4) is 45.3 Å². The van der Waals surface area contributed by atoms with Crippen molar-refractivity contribution < 1.29 is 47.5 Å². The lowest BCUT2D eigenvalue weighted by atomic mass is 9.99. The summed E-state index contributed by atoms with van der Waals surface area (Å²) in [6.45, 7) is 1.77. The Kier molecular flexibility index (Phi) is 14.0. The number of nitrogens with two attached hydrogens (primary N) is 1. The van der Waals surface area contributed by atoms with Crippen molar-refractivity contribution in [3.05, 3.63) is 196 Å². The van der Waals surface area contributed by atoms with E-state index in [0.717, 1.165) is 0 Å². The molecule has 9 rings (SSSR count). The molecule has 4 atom stereocenters. The molecule has 6 aromatic carbocycles. The van der Waals surface area contributed by atoms with Crippen LogP contribution in [0.5, 0.6) is 17.2 Å². The molecule has 358 valence electrons. The van der Waals surface area contributed by atoms with Crippen LogP contribution in [0.1, 0.15) is 44.2 Å². The third kappa shape index (κ3) is 9.84. The van der Waals surface area contributed by atoms with Crippen molar-refractivity contribution in [1.29, 1.82) is 0 Å². The second-order valence-corrected chi connectivity index (χ2v) is 16.5. The highest BCUT2D eigenvalue weighted by Gasteiger charge is 2.52. The fourth-order valence-electron chi connectivity index (χ4n) is 8.33. The molecule has 0 aliphatic carbocycles. The van der Waals surface area contributed by atoms with Crippen molar-refractivity contribution >= 4 is 46.8 Å². The average molecular weight is 971 g/mol. The highest BCUT2D eigenvalue weighted by Crippen LogP contribution is 2.41. The molecule has 1 aliphatic heterocycles. The number of methoxy groups -OCH3 is 2. The first-order valence-corrected chi connectivity index (χ1v) is 22.9. The number of ether oxygens (including phenoxy) is 7. The number of fused-ring (bicyclic) bond motifs is 1. The molecular formula is C55H46N4O11S. The molecule has 0 unspecified atom stereocenters. The number of aromatic nitrogens is 3. The van der Waals surface area contributed by atoms with Crippen molar-refractivity contribution in [2.24, 2.45) is 0 Å². The van der Waals surface area contributed by atoms with Gasteiger partial charge in [-0.25, -0.2) is 19.4 Å². The van der Waals surface area contributed by atoms with Crippen LogP contribution in [0.3, 0.4) is 0 Å². The Hall–Kier alpha value is -8.60. The van der Waals surface area contributed by atoms with E-state index in [1.54, 1.807) is 164 Å². The number of carbonyl (C=O) groups is 3. The zero-order valence-corrected chi connectivity index (χ0v) is 39.4. The minimum absolute atomic E-state index is 0.00197. The Morgan fingerprint density at radius 1 is 0.676 bits per heavy atom. The number of pyridine rings is 1. The van der Waals surface area contributed by atoms with Crippen molar-refractivity contribution in [2.75, 3.05) is 33.2 Å². The van der Waals surface area contributed by atoms with Crippen LogP contribution in [0, 0.1) is 4.77 Å². The van der Waals surface area contributed by atoms with Crippen molar-refractivity contribution in [1.82, 2.24) is 14.1 Å². The number of esters is 3. The fourth-order valence-corrected chi connectivity index (χ4v) is 8.71. The molecule has 2 aromatic heterocycles. The van der Waals surface area contributed by atoms with E-state index in [-0.39, 0.29) is 32.5 Å². The second kappa shape index (κ2) is 21.0. The van der Waals surface area contributed by atoms with E-state index in [4.69, 9.17) is 56.1 Å². The lowest BCUT2D eigenvalue weighted by Gasteiger charge is -2.27. The standard InChI is InChI=1S/C55H46N4O11S/c1-4-66-40-27-25-39(26-28-40)58-50(60)46-41(37-22-29-43(64-2)44(30-37)65-3)31-42(33-20-23-38(56)24-21-33)57-49(46)59(55(58)71)51-48(70-54(63)36-18-12-7-13-19-36)47(69-53(62)35-16-10-6-11-17-35)45(68-51)32-67-52(61)34-14-8-5-9-15-34/h5-31,45,47-48,51H,4,32,56H2,1-3H3/t45-,47-,48-,51-/m1/s1. The van der Waals surface area contributed by atoms with Gasteiger partial charge in [0.1, 0.15) is 18.5 Å². The zero-order chi connectivity index (χ0) is 49.6. The molecule has 0 amide bonds. The number of hydrogen-bond donors (Lipinski definition) is 1. The van der Waals surface area contributed by atoms with Gasteiger partial charge in [0.2, 0.25) is 0 Å². The average Bonchev–Trinajstić information content (AvgIpc) is 3.73. The van der Waals surface area contributed by atoms with Crippen LogP contribution in [0.2, 0.25) is 0 Å². The highest BCUT2D eigenvalue weighted by atomic mass is 32.1. The van der Waals surface area contributed by atoms with E-state index < -0.39 is 54.6 Å². The van der Waals surface area contributed by atoms with E-state index >= 15 is 4.79 Å². The number of benzene rings is 6. The van der Waals surface area contributed by atoms with E-state index in [0.29, 0.717) is 57.6 Å². The van der Waals surface area contributed by atoms with Gasteiger partial charge in [-0.1, -0.05) is 72.8 Å². The zero-order valence-electron chi connectivity index (χ0n) is 38.6. The summed E-state index contributed by atoms with van der Waals surface area (Å²) in [7, 11) is 3.02. The molecule has 0 radical (unpaired) electrons. The number of rotatable bonds is 15. The predicted octanol–water partition coefficient (Wildman–Crippen LogP) is 9.45. The molecule has 0 bridgehead atoms. The normalized spacial score (nSPS) is 16.2. The minimum Gasteiger partial charge on any atom is -0.494 e. The third-order valence-electron chi connectivity index (χ3n) is 11.8. The van der Waals surface area contributed by atoms with Gasteiger partial charge in [-0.3, -0.25) is 13.9 Å². The Morgan fingerprint density at radius 2 is 1.24 bits per heavy atom. The summed E-state index contributed by atoms with van der Waals surface area (Å²) in [4.78, 5) is 62.8. The molecule has 8 aromatic rings. The number of nitrogen functional groups attached to an aromatic ring is 1. The Bertz CT molecular complexity index is 3350. The quantitative estimate of drug-likeness (QED) is 0.0444. The highest BCUT2D eigenvalue weighted by molar-refractivity contribution is 7.71. The molecule has 16 heteroatoms. The predicted molar refractivity (Wildman–Crippen MR) is 268 cm³/mol. The molecule has 71 heavy (non-hydrogen) atoms. The lowest BCUT2D eigenvalue weighted by molar-refractivity contribution is -0.0617.